The molecule has 0 aromatic carbocycles. The molecule has 1 N–H and O–H groups in total. The third-order valence-electron chi connectivity index (χ3n) is 5.39. The summed E-state index contributed by atoms with van der Waals surface area (Å²) in [6.07, 6.45) is 8.69. The molecule has 1 aromatic heterocycles. The Labute approximate surface area is 131 Å². The second-order valence-corrected chi connectivity index (χ2v) is 6.99. The van der Waals surface area contributed by atoms with Gasteiger partial charge in [0.25, 0.3) is 0 Å². The van der Waals surface area contributed by atoms with E-state index in [2.05, 4.69) is 45.6 Å². The van der Waals surface area contributed by atoms with Crippen molar-refractivity contribution in [3.63, 3.8) is 0 Å². The van der Waals surface area contributed by atoms with E-state index in [-0.39, 0.29) is 0 Å². The van der Waals surface area contributed by atoms with Crippen molar-refractivity contribution >= 4 is 11.8 Å². The van der Waals surface area contributed by atoms with Crippen LogP contribution in [0.4, 0.5) is 0 Å². The molecular formula is C17H25N5. The predicted octanol–water partition coefficient (Wildman–Crippen LogP) is 0.00450. The molecule has 0 bridgehead atoms. The van der Waals surface area contributed by atoms with E-state index >= 15 is 0 Å². The molecule has 3 heterocycles. The van der Waals surface area contributed by atoms with Gasteiger partial charge in [0, 0.05) is 35.3 Å². The second-order valence-electron chi connectivity index (χ2n) is 6.99. The zero-order valence-corrected chi connectivity index (χ0v) is 13.5. The molecule has 1 saturated heterocycles. The minimum Gasteiger partial charge on any atom is -0.325 e. The van der Waals surface area contributed by atoms with Gasteiger partial charge in [-0.05, 0) is 58.2 Å². The Hall–Kier alpha value is -1.46. The summed E-state index contributed by atoms with van der Waals surface area (Å²) < 4.78 is 0. The van der Waals surface area contributed by atoms with Crippen LogP contribution in [0.2, 0.25) is 0 Å². The lowest BCUT2D eigenvalue weighted by Gasteiger charge is -2.39. The van der Waals surface area contributed by atoms with E-state index in [1.54, 1.807) is 0 Å². The maximum atomic E-state index is 4.32. The van der Waals surface area contributed by atoms with Crippen molar-refractivity contribution in [3.05, 3.63) is 22.3 Å². The summed E-state index contributed by atoms with van der Waals surface area (Å²) in [5.74, 6) is 0. The molecule has 22 heavy (non-hydrogen) atoms. The number of aryl methyl sites for hydroxylation is 1. The first kappa shape index (κ1) is 14.2. The molecule has 0 unspecified atom stereocenters. The van der Waals surface area contributed by atoms with Crippen LogP contribution in [0.15, 0.2) is 6.20 Å². The van der Waals surface area contributed by atoms with Gasteiger partial charge >= 0.3 is 0 Å². The van der Waals surface area contributed by atoms with Crippen molar-refractivity contribution in [2.24, 2.45) is 0 Å². The predicted molar refractivity (Wildman–Crippen MR) is 87.0 cm³/mol. The van der Waals surface area contributed by atoms with Crippen molar-refractivity contribution in [2.75, 3.05) is 19.6 Å². The number of likely N-dealkylation sites (tertiary alicyclic amines) is 1. The van der Waals surface area contributed by atoms with Gasteiger partial charge in [0.05, 0.1) is 11.9 Å². The Balaban J connectivity index is 1.55. The lowest BCUT2D eigenvalue weighted by Crippen LogP contribution is -2.50. The number of nitrogens with one attached hydrogen (secondary N) is 1. The van der Waals surface area contributed by atoms with E-state index in [9.17, 15) is 0 Å². The summed E-state index contributed by atoms with van der Waals surface area (Å²) in [5, 5.41) is 13.5. The molecule has 5 heteroatoms. The summed E-state index contributed by atoms with van der Waals surface area (Å²) in [5.41, 5.74) is 6.26. The number of aromatic nitrogens is 2. The fourth-order valence-corrected chi connectivity index (χ4v) is 4.04. The maximum absolute atomic E-state index is 4.32. The quantitative estimate of drug-likeness (QED) is 0.833. The number of hydrogen-bond acceptors (Lipinski definition) is 5. The number of nitrogens with zero attached hydrogens (tertiary/aromatic N) is 4. The average Bonchev–Trinajstić information content (AvgIpc) is 2.84. The Bertz CT molecular complexity index is 673. The summed E-state index contributed by atoms with van der Waals surface area (Å²) in [6, 6.07) is 1.29. The molecular weight excluding hydrogens is 274 g/mol. The van der Waals surface area contributed by atoms with Crippen LogP contribution >= 0.6 is 0 Å². The minimum atomic E-state index is 0.623. The highest BCUT2D eigenvalue weighted by atomic mass is 15.5. The number of hydrazine groups is 1. The van der Waals surface area contributed by atoms with Gasteiger partial charge in [-0.15, -0.1) is 0 Å². The first-order chi connectivity index (χ1) is 10.7. The molecule has 5 nitrogen and oxygen atoms in total. The molecule has 0 saturated carbocycles. The van der Waals surface area contributed by atoms with Crippen LogP contribution in [0, 0.1) is 0 Å². The van der Waals surface area contributed by atoms with Crippen LogP contribution < -0.4 is 15.9 Å². The number of piperidine rings is 1. The minimum absolute atomic E-state index is 0.623. The molecule has 1 aliphatic carbocycles. The van der Waals surface area contributed by atoms with Crippen LogP contribution in [0.25, 0.3) is 11.8 Å². The molecule has 1 aromatic rings. The van der Waals surface area contributed by atoms with Gasteiger partial charge in [-0.2, -0.15) is 10.2 Å². The molecule has 0 spiro atoms. The van der Waals surface area contributed by atoms with Crippen molar-refractivity contribution in [3.8, 4) is 0 Å². The van der Waals surface area contributed by atoms with Gasteiger partial charge in [0.2, 0.25) is 0 Å². The van der Waals surface area contributed by atoms with Gasteiger partial charge in [-0.3, -0.25) is 0 Å². The zero-order chi connectivity index (χ0) is 15.1. The fraction of sp³-hybridized carbons (Fsp3) is 0.647. The average molecular weight is 299 g/mol. The van der Waals surface area contributed by atoms with Gasteiger partial charge in [-0.25, -0.2) is 5.01 Å². The Kier molecular flexibility index (Phi) is 3.62. The molecule has 0 radical (unpaired) electrons. The third-order valence-corrected chi connectivity index (χ3v) is 5.39. The van der Waals surface area contributed by atoms with Crippen molar-refractivity contribution in [1.29, 1.82) is 0 Å². The third kappa shape index (κ3) is 2.42. The highest BCUT2D eigenvalue weighted by molar-refractivity contribution is 5.54. The topological polar surface area (TPSA) is 44.3 Å². The van der Waals surface area contributed by atoms with Gasteiger partial charge in [-0.1, -0.05) is 0 Å². The van der Waals surface area contributed by atoms with E-state index < -0.39 is 0 Å². The first-order valence-electron chi connectivity index (χ1n) is 8.52. The van der Waals surface area contributed by atoms with Crippen LogP contribution in [0.3, 0.4) is 0 Å². The molecule has 4 rings (SSSR count). The molecule has 0 atom stereocenters. The lowest BCUT2D eigenvalue weighted by atomic mass is 10.0. The Morgan fingerprint density at radius 1 is 1.23 bits per heavy atom. The van der Waals surface area contributed by atoms with E-state index in [1.165, 1.54) is 47.6 Å². The number of rotatable bonds is 2. The van der Waals surface area contributed by atoms with Crippen LogP contribution in [-0.4, -0.2) is 51.8 Å². The summed E-state index contributed by atoms with van der Waals surface area (Å²) in [6.45, 7) is 8.03. The van der Waals surface area contributed by atoms with E-state index in [0.29, 0.717) is 12.1 Å². The van der Waals surface area contributed by atoms with Crippen molar-refractivity contribution in [1.82, 2.24) is 25.5 Å². The number of hydrogen-bond donors (Lipinski definition) is 1. The smallest absolute Gasteiger partial charge is 0.0713 e. The monoisotopic (exact) mass is 299 g/mol. The normalized spacial score (nSPS) is 23.1. The first-order valence-corrected chi connectivity index (χ1v) is 8.52. The van der Waals surface area contributed by atoms with Crippen LogP contribution in [0.5, 0.6) is 0 Å². The fourth-order valence-electron chi connectivity index (χ4n) is 4.04. The summed E-state index contributed by atoms with van der Waals surface area (Å²) >= 11 is 0. The van der Waals surface area contributed by atoms with E-state index in [0.717, 1.165) is 19.4 Å². The van der Waals surface area contributed by atoms with Gasteiger partial charge in [0.1, 0.15) is 0 Å². The Morgan fingerprint density at radius 2 is 2.05 bits per heavy atom. The summed E-state index contributed by atoms with van der Waals surface area (Å²) in [4.78, 5) is 2.58. The van der Waals surface area contributed by atoms with Gasteiger partial charge < -0.3 is 10.3 Å². The van der Waals surface area contributed by atoms with Crippen molar-refractivity contribution < 1.29 is 0 Å². The van der Waals surface area contributed by atoms with Gasteiger partial charge in [0.15, 0.2) is 0 Å². The molecule has 118 valence electrons. The van der Waals surface area contributed by atoms with E-state index in [1.807, 2.05) is 6.20 Å². The maximum Gasteiger partial charge on any atom is 0.0713 e. The van der Waals surface area contributed by atoms with Crippen LogP contribution in [-0.2, 0) is 6.42 Å². The van der Waals surface area contributed by atoms with E-state index in [4.69, 9.17) is 0 Å². The standard InChI is InChI=1S/C17H25N5/c1-12(2)21-7-5-15(6-8-21)22-11-13-3-4-16-17(13)14(10-19-22)9-18-20-16/h9-10,12,15,19H,3-8,11H2,1-2H3. The molecule has 2 aliphatic heterocycles. The molecule has 0 amide bonds. The Morgan fingerprint density at radius 3 is 2.82 bits per heavy atom. The largest absolute Gasteiger partial charge is 0.325 e. The molecule has 3 aliphatic rings. The summed E-state index contributed by atoms with van der Waals surface area (Å²) in [7, 11) is 0. The highest BCUT2D eigenvalue weighted by Gasteiger charge is 2.28. The lowest BCUT2D eigenvalue weighted by molar-refractivity contribution is 0.0836. The van der Waals surface area contributed by atoms with Crippen molar-refractivity contribution in [2.45, 2.75) is 51.6 Å². The highest BCUT2D eigenvalue weighted by Crippen LogP contribution is 2.21. The second kappa shape index (κ2) is 5.63. The van der Waals surface area contributed by atoms with Crippen LogP contribution in [0.1, 0.15) is 38.8 Å². The SMILES string of the molecule is CC(C)N1CCC(N2CC3=c4c(nncc4=CN2)CC3)CC1. The zero-order valence-electron chi connectivity index (χ0n) is 13.5. The molecule has 1 fully saturated rings.